The number of aryl methyl sites for hydroxylation is 1. The number of hydrogen-bond donors (Lipinski definition) is 2. The van der Waals surface area contributed by atoms with Crippen LogP contribution in [0.4, 0.5) is 30.4 Å². The fourth-order valence-electron chi connectivity index (χ4n) is 5.82. The summed E-state index contributed by atoms with van der Waals surface area (Å²) in [7, 11) is 3.79. The number of nitrogens with zero attached hydrogens (tertiary/aromatic N) is 5. The Balaban J connectivity index is 1.45. The van der Waals surface area contributed by atoms with Gasteiger partial charge in [0.15, 0.2) is 5.65 Å². The number of hydrogen-bond acceptors (Lipinski definition) is 8. The molecule has 4 heterocycles. The molecule has 0 bridgehead atoms. The minimum Gasteiger partial charge on any atom is -0.479 e. The maximum atomic E-state index is 13.4. The van der Waals surface area contributed by atoms with Crippen molar-refractivity contribution in [3.05, 3.63) is 41.2 Å². The lowest BCUT2D eigenvalue weighted by molar-refractivity contribution is -0.137. The highest BCUT2D eigenvalue weighted by Crippen LogP contribution is 2.44. The Morgan fingerprint density at radius 2 is 1.67 bits per heavy atom. The molecule has 2 saturated heterocycles. The molecule has 0 amide bonds. The molecule has 0 saturated carbocycles. The summed E-state index contributed by atoms with van der Waals surface area (Å²) in [6, 6.07) is 5.09. The molecule has 1 atom stereocenters. The van der Waals surface area contributed by atoms with Crippen LogP contribution in [-0.2, 0) is 6.18 Å². The molecule has 0 aliphatic carbocycles. The molecule has 8 nitrogen and oxygen atoms in total. The fourth-order valence-corrected chi connectivity index (χ4v) is 5.82. The molecular formula is C28H36F3N7O. The lowest BCUT2D eigenvalue weighted by Crippen LogP contribution is -2.46. The van der Waals surface area contributed by atoms with Crippen molar-refractivity contribution in [3.63, 3.8) is 0 Å². The lowest BCUT2D eigenvalue weighted by atomic mass is 9.71. The molecule has 39 heavy (non-hydrogen) atoms. The van der Waals surface area contributed by atoms with Gasteiger partial charge in [-0.05, 0) is 94.9 Å². The van der Waals surface area contributed by atoms with E-state index in [2.05, 4.69) is 32.1 Å². The topological polar surface area (TPSA) is 92.4 Å². The third kappa shape index (κ3) is 5.68. The smallest absolute Gasteiger partial charge is 0.416 e. The van der Waals surface area contributed by atoms with E-state index in [0.717, 1.165) is 56.8 Å². The largest absolute Gasteiger partial charge is 0.479 e. The molecule has 1 unspecified atom stereocenters. The molecule has 2 aliphatic rings. The summed E-state index contributed by atoms with van der Waals surface area (Å²) in [5, 5.41) is 3.97. The second kappa shape index (κ2) is 10.3. The molecule has 3 N–H and O–H groups in total. The van der Waals surface area contributed by atoms with Crippen molar-refractivity contribution >= 4 is 28.2 Å². The van der Waals surface area contributed by atoms with Gasteiger partial charge in [-0.3, -0.25) is 0 Å². The van der Waals surface area contributed by atoms with Crippen molar-refractivity contribution in [3.8, 4) is 5.88 Å². The summed E-state index contributed by atoms with van der Waals surface area (Å²) in [6.45, 7) is 7.63. The Kier molecular flexibility index (Phi) is 7.21. The number of nitrogens with one attached hydrogen (secondary N) is 1. The highest BCUT2D eigenvalue weighted by molar-refractivity contribution is 5.90. The Labute approximate surface area is 226 Å². The Bertz CT molecular complexity index is 1350. The number of anilines is 3. The zero-order valence-electron chi connectivity index (χ0n) is 22.9. The van der Waals surface area contributed by atoms with Crippen LogP contribution in [0.25, 0.3) is 11.0 Å². The molecule has 0 radical (unpaired) electrons. The predicted octanol–water partition coefficient (Wildman–Crippen LogP) is 5.43. The van der Waals surface area contributed by atoms with E-state index >= 15 is 0 Å². The molecule has 1 spiro atoms. The minimum absolute atomic E-state index is 0.0540. The predicted molar refractivity (Wildman–Crippen MR) is 147 cm³/mol. The number of fused-ring (bicyclic) bond motifs is 1. The van der Waals surface area contributed by atoms with Gasteiger partial charge in [-0.15, -0.1) is 0 Å². The first-order valence-corrected chi connectivity index (χ1v) is 13.4. The second-order valence-corrected chi connectivity index (χ2v) is 11.0. The molecule has 210 valence electrons. The quantitative estimate of drug-likeness (QED) is 0.412. The number of methoxy groups -OCH3 is 1. The monoisotopic (exact) mass is 543 g/mol. The molecule has 2 aromatic heterocycles. The van der Waals surface area contributed by atoms with Crippen molar-refractivity contribution in [1.29, 1.82) is 0 Å². The normalized spacial score (nSPS) is 18.9. The molecule has 11 heteroatoms. The van der Waals surface area contributed by atoms with Gasteiger partial charge in [0.05, 0.1) is 24.1 Å². The van der Waals surface area contributed by atoms with Crippen molar-refractivity contribution in [1.82, 2.24) is 19.9 Å². The minimum atomic E-state index is -4.49. The molecule has 5 rings (SSSR count). The van der Waals surface area contributed by atoms with E-state index in [1.54, 1.807) is 27.0 Å². The number of benzene rings is 1. The van der Waals surface area contributed by atoms with E-state index < -0.39 is 17.8 Å². The average molecular weight is 544 g/mol. The first-order valence-electron chi connectivity index (χ1n) is 13.4. The lowest BCUT2D eigenvalue weighted by Gasteiger charge is -2.46. The van der Waals surface area contributed by atoms with Crippen LogP contribution < -0.4 is 20.7 Å². The number of pyridine rings is 1. The molecule has 2 aliphatic heterocycles. The maximum Gasteiger partial charge on any atom is 0.416 e. The van der Waals surface area contributed by atoms with E-state index in [4.69, 9.17) is 15.5 Å². The number of likely N-dealkylation sites (tertiary alicyclic amines) is 1. The molecular weight excluding hydrogens is 507 g/mol. The zero-order valence-corrected chi connectivity index (χ0v) is 22.9. The van der Waals surface area contributed by atoms with Gasteiger partial charge in [-0.2, -0.15) is 18.2 Å². The fraction of sp³-hybridized carbons (Fsp3) is 0.536. The third-order valence-corrected chi connectivity index (χ3v) is 8.31. The van der Waals surface area contributed by atoms with Gasteiger partial charge in [0.25, 0.3) is 0 Å². The van der Waals surface area contributed by atoms with Gasteiger partial charge >= 0.3 is 6.18 Å². The van der Waals surface area contributed by atoms with E-state index in [0.29, 0.717) is 39.5 Å². The number of piperidine rings is 2. The van der Waals surface area contributed by atoms with Crippen LogP contribution in [0.3, 0.4) is 0 Å². The number of nitrogen functional groups attached to an aromatic ring is 1. The van der Waals surface area contributed by atoms with Gasteiger partial charge < -0.3 is 25.6 Å². The summed E-state index contributed by atoms with van der Waals surface area (Å²) in [4.78, 5) is 18.5. The second-order valence-electron chi connectivity index (χ2n) is 11.0. The van der Waals surface area contributed by atoms with E-state index in [9.17, 15) is 13.2 Å². The van der Waals surface area contributed by atoms with Crippen molar-refractivity contribution < 1.29 is 17.9 Å². The first-order chi connectivity index (χ1) is 18.5. The average Bonchev–Trinajstić information content (AvgIpc) is 2.89. The van der Waals surface area contributed by atoms with Crippen LogP contribution in [0.15, 0.2) is 24.3 Å². The SMILES string of the molecule is COc1nc2nc(C)nc(NC(C)c3cc(N)cc(C(F)(F)F)c3)c2cc1N1CCC2(CCN(C)CC2)CC1. The summed E-state index contributed by atoms with van der Waals surface area (Å²) >= 11 is 0. The number of ether oxygens (including phenoxy) is 1. The first kappa shape index (κ1) is 27.2. The van der Waals surface area contributed by atoms with Gasteiger partial charge in [0, 0.05) is 18.8 Å². The number of rotatable bonds is 5. The maximum absolute atomic E-state index is 13.4. The van der Waals surface area contributed by atoms with E-state index in [1.165, 1.54) is 12.8 Å². The van der Waals surface area contributed by atoms with Gasteiger partial charge in [0.1, 0.15) is 17.3 Å². The van der Waals surface area contributed by atoms with Crippen molar-refractivity contribution in [2.45, 2.75) is 51.7 Å². The van der Waals surface area contributed by atoms with Gasteiger partial charge in [-0.25, -0.2) is 9.97 Å². The van der Waals surface area contributed by atoms with Crippen LogP contribution in [0, 0.1) is 12.3 Å². The van der Waals surface area contributed by atoms with Crippen molar-refractivity contribution in [2.75, 3.05) is 56.3 Å². The highest BCUT2D eigenvalue weighted by atomic mass is 19.4. The van der Waals surface area contributed by atoms with Crippen LogP contribution in [0.2, 0.25) is 0 Å². The van der Waals surface area contributed by atoms with E-state index in [1.807, 2.05) is 6.07 Å². The molecule has 2 fully saturated rings. The van der Waals surface area contributed by atoms with Gasteiger partial charge in [-0.1, -0.05) is 0 Å². The number of aromatic nitrogens is 3. The summed E-state index contributed by atoms with van der Waals surface area (Å²) in [5.74, 6) is 1.50. The molecule has 1 aromatic carbocycles. The Morgan fingerprint density at radius 3 is 2.31 bits per heavy atom. The number of nitrogens with two attached hydrogens (primary N) is 1. The van der Waals surface area contributed by atoms with E-state index in [-0.39, 0.29) is 5.69 Å². The summed E-state index contributed by atoms with van der Waals surface area (Å²) in [6.07, 6.45) is 0.197. The summed E-state index contributed by atoms with van der Waals surface area (Å²) in [5.41, 5.74) is 7.23. The van der Waals surface area contributed by atoms with Gasteiger partial charge in [0.2, 0.25) is 5.88 Å². The summed E-state index contributed by atoms with van der Waals surface area (Å²) < 4.78 is 45.9. The number of halogens is 3. The van der Waals surface area contributed by atoms with Crippen molar-refractivity contribution in [2.24, 2.45) is 5.41 Å². The molecule has 3 aromatic rings. The number of alkyl halides is 3. The van der Waals surface area contributed by atoms with Crippen LogP contribution in [0.5, 0.6) is 5.88 Å². The Morgan fingerprint density at radius 1 is 1.00 bits per heavy atom. The standard InChI is InChI=1S/C28H36F3N7O/c1-17(19-13-20(28(29,30)31)15-21(32)14-19)33-24-22-16-23(26(39-4)36-25(22)35-18(2)34-24)38-11-7-27(8-12-38)5-9-37(3)10-6-27/h13-17H,5-12,32H2,1-4H3,(H,33,34,35,36). The zero-order chi connectivity index (χ0) is 27.9. The highest BCUT2D eigenvalue weighted by Gasteiger charge is 2.37. The third-order valence-electron chi connectivity index (χ3n) is 8.31. The van der Waals surface area contributed by atoms with Crippen LogP contribution in [-0.4, -0.2) is 60.2 Å². The van der Waals surface area contributed by atoms with Crippen LogP contribution >= 0.6 is 0 Å². The van der Waals surface area contributed by atoms with Crippen LogP contribution in [0.1, 0.15) is 55.6 Å². The Hall–Kier alpha value is -3.34.